The highest BCUT2D eigenvalue weighted by Gasteiger charge is 2.31. The van der Waals surface area contributed by atoms with Gasteiger partial charge in [0.25, 0.3) is 0 Å². The van der Waals surface area contributed by atoms with Gasteiger partial charge in [-0.2, -0.15) is 0 Å². The quantitative estimate of drug-likeness (QED) is 0.484. The van der Waals surface area contributed by atoms with E-state index in [1.807, 2.05) is 0 Å². The smallest absolute Gasteiger partial charge is 0.244 e. The van der Waals surface area contributed by atoms with Crippen molar-refractivity contribution in [3.63, 3.8) is 0 Å². The number of sulfone groups is 1. The number of benzene rings is 2. The minimum atomic E-state index is -4.12. The molecule has 1 heterocycles. The Bertz CT molecular complexity index is 1280. The zero-order chi connectivity index (χ0) is 23.4. The molecule has 170 valence electrons. The molecule has 1 aromatic heterocycles. The van der Waals surface area contributed by atoms with Crippen molar-refractivity contribution >= 4 is 31.5 Å². The molecule has 1 unspecified atom stereocenters. The number of ether oxygens (including phenoxy) is 2. The van der Waals surface area contributed by atoms with Gasteiger partial charge in [-0.15, -0.1) is 0 Å². The van der Waals surface area contributed by atoms with Gasteiger partial charge in [-0.05, 0) is 48.0 Å². The first-order chi connectivity index (χ1) is 15.2. The summed E-state index contributed by atoms with van der Waals surface area (Å²) in [6, 6.07) is 13.1. The molecule has 0 saturated carbocycles. The summed E-state index contributed by atoms with van der Waals surface area (Å²) in [6.07, 6.45) is 2.89. The zero-order valence-electron chi connectivity index (χ0n) is 17.2. The molecule has 1 atom stereocenters. The van der Waals surface area contributed by atoms with Crippen LogP contribution in [0.5, 0.6) is 11.5 Å². The fourth-order valence-electron chi connectivity index (χ4n) is 3.02. The Labute approximate surface area is 192 Å². The number of rotatable bonds is 9. The number of methoxy groups -OCH3 is 2. The van der Waals surface area contributed by atoms with Crippen LogP contribution in [-0.2, 0) is 19.9 Å². The summed E-state index contributed by atoms with van der Waals surface area (Å²) >= 11 is 5.88. The minimum absolute atomic E-state index is 0.0111. The second kappa shape index (κ2) is 9.86. The van der Waals surface area contributed by atoms with Crippen LogP contribution in [0.4, 0.5) is 0 Å². The normalized spacial score (nSPS) is 12.8. The van der Waals surface area contributed by atoms with E-state index in [2.05, 4.69) is 9.71 Å². The molecule has 0 bridgehead atoms. The summed E-state index contributed by atoms with van der Waals surface area (Å²) in [5, 5.41) is -0.842. The van der Waals surface area contributed by atoms with Crippen LogP contribution in [-0.4, -0.2) is 42.6 Å². The predicted molar refractivity (Wildman–Crippen MR) is 120 cm³/mol. The van der Waals surface area contributed by atoms with E-state index in [1.165, 1.54) is 69.1 Å². The predicted octanol–water partition coefficient (Wildman–Crippen LogP) is 3.25. The van der Waals surface area contributed by atoms with Gasteiger partial charge >= 0.3 is 0 Å². The standard InChI is InChI=1S/C21H21ClN2O6S2/c1-29-17-7-10-20(19(12-17)30-2)32(27,28)24-14-21(15-4-3-11-23-13-15)31(25,26)18-8-5-16(22)6-9-18/h3-13,21,24H,14H2,1-2H3. The molecule has 2 aromatic carbocycles. The van der Waals surface area contributed by atoms with Crippen LogP contribution in [0.25, 0.3) is 0 Å². The van der Waals surface area contributed by atoms with Crippen molar-refractivity contribution in [3.8, 4) is 11.5 Å². The first-order valence-corrected chi connectivity index (χ1v) is 12.7. The first-order valence-electron chi connectivity index (χ1n) is 9.30. The topological polar surface area (TPSA) is 112 Å². The van der Waals surface area contributed by atoms with Crippen molar-refractivity contribution in [2.24, 2.45) is 0 Å². The van der Waals surface area contributed by atoms with E-state index < -0.39 is 31.7 Å². The van der Waals surface area contributed by atoms with Gasteiger partial charge in [0.2, 0.25) is 10.0 Å². The summed E-state index contributed by atoms with van der Waals surface area (Å²) in [4.78, 5) is 3.85. The van der Waals surface area contributed by atoms with Crippen LogP contribution in [0.1, 0.15) is 10.8 Å². The van der Waals surface area contributed by atoms with Gasteiger partial charge in [0, 0.05) is 30.0 Å². The SMILES string of the molecule is COc1ccc(S(=O)(=O)NCC(c2cccnc2)S(=O)(=O)c2ccc(Cl)cc2)c(OC)c1. The summed E-state index contributed by atoms with van der Waals surface area (Å²) in [5.41, 5.74) is 0.340. The lowest BCUT2D eigenvalue weighted by molar-refractivity contribution is 0.386. The molecule has 32 heavy (non-hydrogen) atoms. The second-order valence-corrected chi connectivity index (χ2v) is 10.9. The molecule has 0 aliphatic heterocycles. The fraction of sp³-hybridized carbons (Fsp3) is 0.190. The Hall–Kier alpha value is -2.66. The lowest BCUT2D eigenvalue weighted by Crippen LogP contribution is -2.32. The molecule has 8 nitrogen and oxygen atoms in total. The number of aromatic nitrogens is 1. The number of nitrogens with zero attached hydrogens (tertiary/aromatic N) is 1. The highest BCUT2D eigenvalue weighted by Crippen LogP contribution is 2.31. The second-order valence-electron chi connectivity index (χ2n) is 6.64. The van der Waals surface area contributed by atoms with Crippen LogP contribution in [0.3, 0.4) is 0 Å². The van der Waals surface area contributed by atoms with Crippen molar-refractivity contribution in [2.45, 2.75) is 15.0 Å². The Morgan fingerprint density at radius 1 is 1.00 bits per heavy atom. The van der Waals surface area contributed by atoms with Crippen molar-refractivity contribution in [1.82, 2.24) is 9.71 Å². The van der Waals surface area contributed by atoms with Gasteiger partial charge in [-0.1, -0.05) is 17.7 Å². The van der Waals surface area contributed by atoms with Crippen molar-refractivity contribution < 1.29 is 26.3 Å². The maximum absolute atomic E-state index is 13.4. The van der Waals surface area contributed by atoms with E-state index >= 15 is 0 Å². The van der Waals surface area contributed by atoms with E-state index in [-0.39, 0.29) is 15.5 Å². The van der Waals surface area contributed by atoms with Crippen LogP contribution >= 0.6 is 11.6 Å². The molecule has 0 fully saturated rings. The molecule has 1 N–H and O–H groups in total. The Morgan fingerprint density at radius 2 is 1.72 bits per heavy atom. The van der Waals surface area contributed by atoms with Crippen LogP contribution in [0, 0.1) is 0 Å². The van der Waals surface area contributed by atoms with E-state index in [1.54, 1.807) is 12.1 Å². The van der Waals surface area contributed by atoms with Gasteiger partial charge in [-0.25, -0.2) is 21.6 Å². The Balaban J connectivity index is 1.97. The molecule has 0 aliphatic rings. The molecule has 0 radical (unpaired) electrons. The monoisotopic (exact) mass is 496 g/mol. The number of hydrogen-bond acceptors (Lipinski definition) is 7. The van der Waals surface area contributed by atoms with Gasteiger partial charge in [0.15, 0.2) is 9.84 Å². The third-order valence-electron chi connectivity index (χ3n) is 4.69. The summed E-state index contributed by atoms with van der Waals surface area (Å²) in [7, 11) is -5.32. The van der Waals surface area contributed by atoms with E-state index in [0.717, 1.165) is 0 Å². The number of pyridine rings is 1. The third kappa shape index (κ3) is 5.21. The number of halogens is 1. The largest absolute Gasteiger partial charge is 0.497 e. The molecule has 0 spiro atoms. The molecule has 0 saturated heterocycles. The maximum Gasteiger partial charge on any atom is 0.244 e. The summed E-state index contributed by atoms with van der Waals surface area (Å²) in [6.45, 7) is -0.422. The lowest BCUT2D eigenvalue weighted by atomic mass is 10.2. The number of hydrogen-bond donors (Lipinski definition) is 1. The third-order valence-corrected chi connectivity index (χ3v) is 8.52. The van der Waals surface area contributed by atoms with Gasteiger partial charge in [0.05, 0.1) is 19.1 Å². The van der Waals surface area contributed by atoms with Gasteiger partial charge in [0.1, 0.15) is 21.6 Å². The average molecular weight is 497 g/mol. The number of nitrogens with one attached hydrogen (secondary N) is 1. The van der Waals surface area contributed by atoms with Gasteiger partial charge in [-0.3, -0.25) is 4.98 Å². The minimum Gasteiger partial charge on any atom is -0.497 e. The molecule has 0 amide bonds. The van der Waals surface area contributed by atoms with E-state index in [0.29, 0.717) is 16.3 Å². The van der Waals surface area contributed by atoms with Crippen LogP contribution in [0.15, 0.2) is 76.8 Å². The van der Waals surface area contributed by atoms with Gasteiger partial charge < -0.3 is 9.47 Å². The Morgan fingerprint density at radius 3 is 2.31 bits per heavy atom. The summed E-state index contributed by atoms with van der Waals surface area (Å²) in [5.74, 6) is 0.481. The molecule has 3 rings (SSSR count). The summed E-state index contributed by atoms with van der Waals surface area (Å²) < 4.78 is 65.4. The van der Waals surface area contributed by atoms with Crippen molar-refractivity contribution in [1.29, 1.82) is 0 Å². The molecule has 11 heteroatoms. The first kappa shape index (κ1) is 24.0. The Kier molecular flexibility index (Phi) is 7.40. The highest BCUT2D eigenvalue weighted by atomic mass is 35.5. The zero-order valence-corrected chi connectivity index (χ0v) is 19.6. The maximum atomic E-state index is 13.4. The molecule has 0 aliphatic carbocycles. The van der Waals surface area contributed by atoms with Crippen LogP contribution in [0.2, 0.25) is 5.02 Å². The lowest BCUT2D eigenvalue weighted by Gasteiger charge is -2.19. The fourth-order valence-corrected chi connectivity index (χ4v) is 6.09. The molecule has 3 aromatic rings. The molecular formula is C21H21ClN2O6S2. The highest BCUT2D eigenvalue weighted by molar-refractivity contribution is 7.92. The van der Waals surface area contributed by atoms with E-state index in [9.17, 15) is 16.8 Å². The average Bonchev–Trinajstić information content (AvgIpc) is 2.79. The van der Waals surface area contributed by atoms with Crippen LogP contribution < -0.4 is 14.2 Å². The van der Waals surface area contributed by atoms with Crippen molar-refractivity contribution in [3.05, 3.63) is 77.6 Å². The van der Waals surface area contributed by atoms with E-state index in [4.69, 9.17) is 21.1 Å². The molecular weight excluding hydrogens is 476 g/mol. The number of sulfonamides is 1. The van der Waals surface area contributed by atoms with Crippen molar-refractivity contribution in [2.75, 3.05) is 20.8 Å².